The highest BCUT2D eigenvalue weighted by Crippen LogP contribution is 2.30. The Hall–Kier alpha value is -0.830. The van der Waals surface area contributed by atoms with Crippen LogP contribution >= 0.6 is 0 Å². The maximum Gasteiger partial charge on any atom is 0.0651 e. The van der Waals surface area contributed by atoms with Crippen molar-refractivity contribution in [2.45, 2.75) is 57.0 Å². The molecule has 2 rings (SSSR count). The summed E-state index contributed by atoms with van der Waals surface area (Å²) < 4.78 is 1.90. The Balaban J connectivity index is 1.90. The molecule has 0 atom stereocenters. The Morgan fingerprint density at radius 1 is 1.31 bits per heavy atom. The fourth-order valence-electron chi connectivity index (χ4n) is 2.64. The van der Waals surface area contributed by atoms with Crippen LogP contribution in [0.5, 0.6) is 0 Å². The second kappa shape index (κ2) is 5.00. The van der Waals surface area contributed by atoms with Crippen LogP contribution in [0.3, 0.4) is 0 Å². The first kappa shape index (κ1) is 11.6. The van der Waals surface area contributed by atoms with Gasteiger partial charge in [-0.2, -0.15) is 5.10 Å². The van der Waals surface area contributed by atoms with Crippen LogP contribution in [0.25, 0.3) is 0 Å². The van der Waals surface area contributed by atoms with Crippen molar-refractivity contribution in [3.8, 4) is 0 Å². The number of hydrogen-bond acceptors (Lipinski definition) is 2. The van der Waals surface area contributed by atoms with Gasteiger partial charge >= 0.3 is 0 Å². The number of hydrogen-bond donors (Lipinski definition) is 1. The van der Waals surface area contributed by atoms with E-state index in [-0.39, 0.29) is 0 Å². The Morgan fingerprint density at radius 3 is 2.56 bits per heavy atom. The highest BCUT2D eigenvalue weighted by Gasteiger charge is 2.27. The molecular weight excluding hydrogens is 200 g/mol. The molecule has 1 aliphatic rings. The summed E-state index contributed by atoms with van der Waals surface area (Å²) in [5.74, 6) is 0. The zero-order valence-corrected chi connectivity index (χ0v) is 10.2. The molecule has 1 fully saturated rings. The lowest BCUT2D eigenvalue weighted by atomic mass is 9.89. The first-order chi connectivity index (χ1) is 7.70. The van der Waals surface area contributed by atoms with E-state index >= 15 is 0 Å². The van der Waals surface area contributed by atoms with Gasteiger partial charge in [-0.25, -0.2) is 0 Å². The monoisotopic (exact) mass is 222 g/mol. The molecule has 0 aromatic carbocycles. The van der Waals surface area contributed by atoms with Gasteiger partial charge < -0.3 is 5.11 Å². The van der Waals surface area contributed by atoms with E-state index in [1.165, 1.54) is 31.4 Å². The standard InChI is InChI=1S/C13H22N2O/c1-15-12(7-11-14-15)6-10-13(16)8-4-2-3-5-9-13/h7,11,16H,2-6,8-10H2,1H3. The van der Waals surface area contributed by atoms with E-state index in [1.807, 2.05) is 24.0 Å². The van der Waals surface area contributed by atoms with Crippen molar-refractivity contribution in [1.82, 2.24) is 9.78 Å². The topological polar surface area (TPSA) is 38.0 Å². The summed E-state index contributed by atoms with van der Waals surface area (Å²) >= 11 is 0. The molecule has 1 aliphatic carbocycles. The van der Waals surface area contributed by atoms with E-state index in [9.17, 15) is 5.11 Å². The minimum Gasteiger partial charge on any atom is -0.390 e. The van der Waals surface area contributed by atoms with Gasteiger partial charge in [-0.1, -0.05) is 25.7 Å². The smallest absolute Gasteiger partial charge is 0.0651 e. The second-order valence-corrected chi connectivity index (χ2v) is 5.08. The Morgan fingerprint density at radius 2 is 2.00 bits per heavy atom. The molecule has 0 radical (unpaired) electrons. The van der Waals surface area contributed by atoms with Gasteiger partial charge in [-0.15, -0.1) is 0 Å². The highest BCUT2D eigenvalue weighted by atomic mass is 16.3. The molecule has 3 heteroatoms. The largest absolute Gasteiger partial charge is 0.390 e. The molecule has 1 aromatic rings. The van der Waals surface area contributed by atoms with Gasteiger partial charge in [0.25, 0.3) is 0 Å². The summed E-state index contributed by atoms with van der Waals surface area (Å²) in [6.45, 7) is 0. The van der Waals surface area contributed by atoms with Crippen LogP contribution in [-0.4, -0.2) is 20.5 Å². The Kier molecular flexibility index (Phi) is 3.64. The average molecular weight is 222 g/mol. The van der Waals surface area contributed by atoms with Gasteiger partial charge in [-0.3, -0.25) is 4.68 Å². The van der Waals surface area contributed by atoms with Crippen molar-refractivity contribution < 1.29 is 5.11 Å². The van der Waals surface area contributed by atoms with E-state index in [2.05, 4.69) is 5.10 Å². The number of aromatic nitrogens is 2. The molecule has 0 saturated heterocycles. The predicted octanol–water partition coefficient (Wildman–Crippen LogP) is 2.44. The lowest BCUT2D eigenvalue weighted by Gasteiger charge is -2.26. The fourth-order valence-corrected chi connectivity index (χ4v) is 2.64. The van der Waals surface area contributed by atoms with Crippen molar-refractivity contribution in [3.05, 3.63) is 18.0 Å². The third-order valence-corrected chi connectivity index (χ3v) is 3.80. The van der Waals surface area contributed by atoms with Crippen molar-refractivity contribution in [2.75, 3.05) is 0 Å². The SMILES string of the molecule is Cn1nccc1CCC1(O)CCCCCC1. The number of aryl methyl sites for hydroxylation is 2. The van der Waals surface area contributed by atoms with E-state index < -0.39 is 5.60 Å². The molecular formula is C13H22N2O. The molecule has 1 aromatic heterocycles. The molecule has 1 heterocycles. The molecule has 90 valence electrons. The molecule has 0 bridgehead atoms. The van der Waals surface area contributed by atoms with Crippen LogP contribution in [0.15, 0.2) is 12.3 Å². The quantitative estimate of drug-likeness (QED) is 0.798. The number of rotatable bonds is 3. The van der Waals surface area contributed by atoms with Gasteiger partial charge in [0, 0.05) is 18.9 Å². The zero-order chi connectivity index (χ0) is 11.4. The van der Waals surface area contributed by atoms with E-state index in [1.54, 1.807) is 0 Å². The summed E-state index contributed by atoms with van der Waals surface area (Å²) in [4.78, 5) is 0. The second-order valence-electron chi connectivity index (χ2n) is 5.08. The molecule has 16 heavy (non-hydrogen) atoms. The Bertz CT molecular complexity index is 324. The summed E-state index contributed by atoms with van der Waals surface area (Å²) in [5.41, 5.74) is 0.804. The minimum absolute atomic E-state index is 0.416. The highest BCUT2D eigenvalue weighted by molar-refractivity contribution is 5.01. The molecule has 0 aliphatic heterocycles. The first-order valence-corrected chi connectivity index (χ1v) is 6.39. The van der Waals surface area contributed by atoms with Crippen LogP contribution in [0.1, 0.15) is 50.6 Å². The van der Waals surface area contributed by atoms with Gasteiger partial charge in [0.1, 0.15) is 0 Å². The third kappa shape index (κ3) is 2.85. The molecule has 0 amide bonds. The van der Waals surface area contributed by atoms with Crippen molar-refractivity contribution in [3.63, 3.8) is 0 Å². The predicted molar refractivity (Wildman–Crippen MR) is 64.2 cm³/mol. The van der Waals surface area contributed by atoms with Crippen LogP contribution in [0.4, 0.5) is 0 Å². The third-order valence-electron chi connectivity index (χ3n) is 3.80. The van der Waals surface area contributed by atoms with E-state index in [0.29, 0.717) is 0 Å². The maximum atomic E-state index is 10.5. The van der Waals surface area contributed by atoms with Gasteiger partial charge in [0.15, 0.2) is 0 Å². The molecule has 1 N–H and O–H groups in total. The van der Waals surface area contributed by atoms with E-state index in [4.69, 9.17) is 0 Å². The number of aliphatic hydroxyl groups is 1. The van der Waals surface area contributed by atoms with Crippen LogP contribution in [-0.2, 0) is 13.5 Å². The fraction of sp³-hybridized carbons (Fsp3) is 0.769. The van der Waals surface area contributed by atoms with Crippen molar-refractivity contribution in [1.29, 1.82) is 0 Å². The summed E-state index contributed by atoms with van der Waals surface area (Å²) in [6.07, 6.45) is 10.5. The van der Waals surface area contributed by atoms with Crippen LogP contribution in [0.2, 0.25) is 0 Å². The normalized spacial score (nSPS) is 20.6. The first-order valence-electron chi connectivity index (χ1n) is 6.39. The van der Waals surface area contributed by atoms with E-state index in [0.717, 1.165) is 25.7 Å². The molecule has 0 spiro atoms. The lowest BCUT2D eigenvalue weighted by molar-refractivity contribution is 0.0163. The summed E-state index contributed by atoms with van der Waals surface area (Å²) in [5, 5.41) is 14.7. The molecule has 0 unspecified atom stereocenters. The minimum atomic E-state index is -0.416. The molecule has 3 nitrogen and oxygen atoms in total. The average Bonchev–Trinajstić information content (AvgIpc) is 2.54. The lowest BCUT2D eigenvalue weighted by Crippen LogP contribution is -2.28. The Labute approximate surface area is 97.5 Å². The number of nitrogens with zero attached hydrogens (tertiary/aromatic N) is 2. The van der Waals surface area contributed by atoms with Crippen LogP contribution < -0.4 is 0 Å². The van der Waals surface area contributed by atoms with Gasteiger partial charge in [-0.05, 0) is 31.7 Å². The maximum absolute atomic E-state index is 10.5. The zero-order valence-electron chi connectivity index (χ0n) is 10.2. The van der Waals surface area contributed by atoms with Gasteiger partial charge in [0.05, 0.1) is 5.60 Å². The van der Waals surface area contributed by atoms with Gasteiger partial charge in [0.2, 0.25) is 0 Å². The van der Waals surface area contributed by atoms with Crippen molar-refractivity contribution in [2.24, 2.45) is 7.05 Å². The molecule has 1 saturated carbocycles. The van der Waals surface area contributed by atoms with Crippen LogP contribution in [0, 0.1) is 0 Å². The van der Waals surface area contributed by atoms with Crippen molar-refractivity contribution >= 4 is 0 Å². The summed E-state index contributed by atoms with van der Waals surface area (Å²) in [6, 6.07) is 2.04. The summed E-state index contributed by atoms with van der Waals surface area (Å²) in [7, 11) is 1.96.